The number of nitrogens with one attached hydrogen (secondary N) is 1. The smallest absolute Gasteiger partial charge is 0.326 e. The number of fused-ring (bicyclic) bond motifs is 1. The second-order valence-corrected chi connectivity index (χ2v) is 10.8. The Bertz CT molecular complexity index is 1700. The summed E-state index contributed by atoms with van der Waals surface area (Å²) in [5.74, 6) is 0.418. The average molecular weight is 523 g/mol. The molecule has 2 amide bonds. The molecule has 9 heteroatoms. The molecule has 4 aromatic rings. The lowest BCUT2D eigenvalue weighted by Gasteiger charge is -2.38. The SMILES string of the molecule is C=CC(=O)N1CCc2nn(-c3ccc(C4CC4)cc3)c3c2[C@H](C1)N(C(=O)c1ccc2c(c1)[nH]c(=O)n2C)CC3. The second-order valence-electron chi connectivity index (χ2n) is 10.8. The summed E-state index contributed by atoms with van der Waals surface area (Å²) < 4.78 is 3.57. The van der Waals surface area contributed by atoms with Crippen LogP contribution < -0.4 is 5.69 Å². The molecule has 9 nitrogen and oxygen atoms in total. The number of aromatic nitrogens is 4. The molecule has 39 heavy (non-hydrogen) atoms. The maximum Gasteiger partial charge on any atom is 0.326 e. The van der Waals surface area contributed by atoms with Gasteiger partial charge in [-0.2, -0.15) is 5.10 Å². The largest absolute Gasteiger partial charge is 0.336 e. The fraction of sp³-hybridized carbons (Fsp3) is 0.333. The number of hydrogen-bond donors (Lipinski definition) is 1. The van der Waals surface area contributed by atoms with Crippen LogP contribution in [0.4, 0.5) is 0 Å². The number of amides is 2. The molecule has 0 radical (unpaired) electrons. The first-order chi connectivity index (χ1) is 18.9. The molecule has 1 N–H and O–H groups in total. The van der Waals surface area contributed by atoms with Gasteiger partial charge in [0, 0.05) is 50.7 Å². The van der Waals surface area contributed by atoms with Crippen LogP contribution in [0.15, 0.2) is 59.9 Å². The summed E-state index contributed by atoms with van der Waals surface area (Å²) in [6, 6.07) is 13.7. The summed E-state index contributed by atoms with van der Waals surface area (Å²) >= 11 is 0. The molecule has 1 atom stereocenters. The van der Waals surface area contributed by atoms with Gasteiger partial charge in [-0.1, -0.05) is 18.7 Å². The fourth-order valence-electron chi connectivity index (χ4n) is 6.22. The van der Waals surface area contributed by atoms with E-state index in [2.05, 4.69) is 35.8 Å². The summed E-state index contributed by atoms with van der Waals surface area (Å²) in [5.41, 5.74) is 7.14. The minimum atomic E-state index is -0.326. The van der Waals surface area contributed by atoms with Crippen LogP contribution >= 0.6 is 0 Å². The molecule has 1 saturated carbocycles. The number of aryl methyl sites for hydroxylation is 1. The summed E-state index contributed by atoms with van der Waals surface area (Å²) in [6.07, 6.45) is 5.14. The number of hydrogen-bond acceptors (Lipinski definition) is 4. The van der Waals surface area contributed by atoms with Crippen molar-refractivity contribution in [3.05, 3.63) is 93.7 Å². The molecule has 2 aromatic carbocycles. The van der Waals surface area contributed by atoms with E-state index in [9.17, 15) is 14.4 Å². The molecule has 2 aliphatic heterocycles. The van der Waals surface area contributed by atoms with E-state index in [0.717, 1.165) is 28.2 Å². The predicted molar refractivity (Wildman–Crippen MR) is 147 cm³/mol. The Labute approximate surface area is 225 Å². The Balaban J connectivity index is 1.29. The van der Waals surface area contributed by atoms with Gasteiger partial charge in [-0.05, 0) is 60.7 Å². The molecular formula is C30H30N6O3. The second kappa shape index (κ2) is 8.83. The van der Waals surface area contributed by atoms with Gasteiger partial charge < -0.3 is 14.8 Å². The van der Waals surface area contributed by atoms with E-state index < -0.39 is 0 Å². The lowest BCUT2D eigenvalue weighted by molar-refractivity contribution is -0.126. The third-order valence-corrected chi connectivity index (χ3v) is 8.49. The maximum atomic E-state index is 14.0. The van der Waals surface area contributed by atoms with Crippen molar-refractivity contribution < 1.29 is 9.59 Å². The van der Waals surface area contributed by atoms with E-state index in [4.69, 9.17) is 5.10 Å². The Morgan fingerprint density at radius 1 is 1.08 bits per heavy atom. The Hall–Kier alpha value is -4.40. The number of H-pyrrole nitrogens is 1. The molecule has 7 rings (SSSR count). The van der Waals surface area contributed by atoms with Gasteiger partial charge in [-0.15, -0.1) is 0 Å². The van der Waals surface area contributed by atoms with E-state index in [-0.39, 0.29) is 23.5 Å². The highest BCUT2D eigenvalue weighted by atomic mass is 16.2. The normalized spacial score (nSPS) is 18.6. The van der Waals surface area contributed by atoms with Gasteiger partial charge >= 0.3 is 5.69 Å². The van der Waals surface area contributed by atoms with Gasteiger partial charge in [0.2, 0.25) is 5.91 Å². The van der Waals surface area contributed by atoms with Crippen LogP contribution in [-0.2, 0) is 24.7 Å². The molecule has 3 aliphatic rings. The summed E-state index contributed by atoms with van der Waals surface area (Å²) in [5, 5.41) is 5.04. The number of nitrogens with zero attached hydrogens (tertiary/aromatic N) is 5. The predicted octanol–water partition coefficient (Wildman–Crippen LogP) is 3.24. The van der Waals surface area contributed by atoms with Crippen molar-refractivity contribution in [2.75, 3.05) is 19.6 Å². The number of imidazole rings is 1. The molecule has 2 aromatic heterocycles. The van der Waals surface area contributed by atoms with Crippen LogP contribution in [0.3, 0.4) is 0 Å². The third-order valence-electron chi connectivity index (χ3n) is 8.49. The maximum absolute atomic E-state index is 14.0. The van der Waals surface area contributed by atoms with Crippen LogP contribution in [0.25, 0.3) is 16.7 Å². The average Bonchev–Trinajstić information content (AvgIpc) is 3.72. The Morgan fingerprint density at radius 3 is 2.62 bits per heavy atom. The van der Waals surface area contributed by atoms with Crippen LogP contribution in [0.1, 0.15) is 57.7 Å². The molecule has 1 fully saturated rings. The van der Waals surface area contributed by atoms with E-state index >= 15 is 0 Å². The van der Waals surface area contributed by atoms with Crippen molar-refractivity contribution in [1.82, 2.24) is 29.1 Å². The molecular weight excluding hydrogens is 492 g/mol. The highest BCUT2D eigenvalue weighted by Crippen LogP contribution is 2.41. The quantitative estimate of drug-likeness (QED) is 0.416. The van der Waals surface area contributed by atoms with Gasteiger partial charge in [0.15, 0.2) is 0 Å². The summed E-state index contributed by atoms with van der Waals surface area (Å²) in [7, 11) is 1.70. The van der Waals surface area contributed by atoms with Gasteiger partial charge in [0.1, 0.15) is 0 Å². The number of carbonyl (C=O) groups excluding carboxylic acids is 2. The topological polar surface area (TPSA) is 96.2 Å². The third kappa shape index (κ3) is 3.83. The summed E-state index contributed by atoms with van der Waals surface area (Å²) in [6.45, 7) is 5.08. The fourth-order valence-corrected chi connectivity index (χ4v) is 6.22. The van der Waals surface area contributed by atoms with Gasteiger partial charge in [-0.25, -0.2) is 9.48 Å². The van der Waals surface area contributed by atoms with Crippen molar-refractivity contribution in [1.29, 1.82) is 0 Å². The first-order valence-electron chi connectivity index (χ1n) is 13.5. The van der Waals surface area contributed by atoms with Crippen LogP contribution in [0.5, 0.6) is 0 Å². The zero-order valence-electron chi connectivity index (χ0n) is 21.9. The number of aromatic amines is 1. The van der Waals surface area contributed by atoms with Gasteiger partial charge in [0.05, 0.1) is 34.2 Å². The van der Waals surface area contributed by atoms with E-state index in [1.807, 2.05) is 9.58 Å². The van der Waals surface area contributed by atoms with Crippen molar-refractivity contribution >= 4 is 22.8 Å². The van der Waals surface area contributed by atoms with E-state index in [1.165, 1.54) is 29.0 Å². The zero-order chi connectivity index (χ0) is 26.8. The Morgan fingerprint density at radius 2 is 1.87 bits per heavy atom. The minimum Gasteiger partial charge on any atom is -0.336 e. The first-order valence-corrected chi connectivity index (χ1v) is 13.5. The summed E-state index contributed by atoms with van der Waals surface area (Å²) in [4.78, 5) is 45.2. The first kappa shape index (κ1) is 23.7. The lowest BCUT2D eigenvalue weighted by atomic mass is 9.94. The lowest BCUT2D eigenvalue weighted by Crippen LogP contribution is -2.45. The zero-order valence-corrected chi connectivity index (χ0v) is 21.9. The highest BCUT2D eigenvalue weighted by molar-refractivity contribution is 5.98. The van der Waals surface area contributed by atoms with Crippen LogP contribution in [0, 0.1) is 0 Å². The number of carbonyl (C=O) groups is 2. The molecule has 0 bridgehead atoms. The number of benzene rings is 2. The molecule has 4 heterocycles. The van der Waals surface area contributed by atoms with Crippen molar-refractivity contribution in [3.63, 3.8) is 0 Å². The van der Waals surface area contributed by atoms with Crippen molar-refractivity contribution in [3.8, 4) is 5.69 Å². The molecule has 0 unspecified atom stereocenters. The highest BCUT2D eigenvalue weighted by Gasteiger charge is 2.40. The molecule has 198 valence electrons. The van der Waals surface area contributed by atoms with Crippen molar-refractivity contribution in [2.24, 2.45) is 7.05 Å². The van der Waals surface area contributed by atoms with Crippen LogP contribution in [-0.4, -0.2) is 60.6 Å². The monoisotopic (exact) mass is 522 g/mol. The molecule has 1 aliphatic carbocycles. The van der Waals surface area contributed by atoms with Gasteiger partial charge in [-0.3, -0.25) is 14.2 Å². The van der Waals surface area contributed by atoms with Crippen molar-refractivity contribution in [2.45, 2.75) is 37.6 Å². The van der Waals surface area contributed by atoms with E-state index in [1.54, 1.807) is 30.1 Å². The van der Waals surface area contributed by atoms with Gasteiger partial charge in [0.25, 0.3) is 5.91 Å². The number of rotatable bonds is 4. The Kier molecular flexibility index (Phi) is 5.36. The molecule has 0 spiro atoms. The molecule has 0 saturated heterocycles. The van der Waals surface area contributed by atoms with Crippen LogP contribution in [0.2, 0.25) is 0 Å². The minimum absolute atomic E-state index is 0.127. The van der Waals surface area contributed by atoms with E-state index in [0.29, 0.717) is 49.5 Å². The standard InChI is InChI=1S/C30H30N6O3/c1-3-27(37)34-14-12-22-28-25(36(32-22)21-9-6-19(7-10-21)18-4-5-18)13-15-35(26(28)17-34)29(38)20-8-11-24-23(16-20)31-30(39)33(24)2/h3,6-11,16,18,26H,1,4-5,12-15,17H2,2H3,(H,31,39)/t26-/m0/s1.